The lowest BCUT2D eigenvalue weighted by molar-refractivity contribution is 0.601. The molecule has 0 amide bonds. The Labute approximate surface area is 129 Å². The van der Waals surface area contributed by atoms with Crippen molar-refractivity contribution in [3.05, 3.63) is 52.3 Å². The van der Waals surface area contributed by atoms with Gasteiger partial charge in [-0.3, -0.25) is 4.72 Å². The second-order valence-electron chi connectivity index (χ2n) is 4.09. The summed E-state index contributed by atoms with van der Waals surface area (Å²) in [5, 5.41) is 8.74. The number of anilines is 2. The van der Waals surface area contributed by atoms with Crippen molar-refractivity contribution in [3.8, 4) is 6.07 Å². The van der Waals surface area contributed by atoms with E-state index in [0.29, 0.717) is 0 Å². The largest absolute Gasteiger partial charge is 0.398 e. The molecule has 0 unspecified atom stereocenters. The number of hydrogen-bond donors (Lipinski definition) is 2. The Morgan fingerprint density at radius 3 is 2.52 bits per heavy atom. The minimum Gasteiger partial charge on any atom is -0.398 e. The van der Waals surface area contributed by atoms with Gasteiger partial charge in [0.1, 0.15) is 10.7 Å². The fraction of sp³-hybridized carbons (Fsp3) is 0. The molecule has 8 heteroatoms. The third kappa shape index (κ3) is 3.32. The van der Waals surface area contributed by atoms with E-state index in [1.54, 1.807) is 0 Å². The van der Waals surface area contributed by atoms with E-state index in [-0.39, 0.29) is 26.3 Å². The SMILES string of the molecule is N#Cc1ccc(S(=O)(=O)Nc2ccc(F)cc2Br)c(N)c1. The summed E-state index contributed by atoms with van der Waals surface area (Å²) in [7, 11) is -3.94. The van der Waals surface area contributed by atoms with Gasteiger partial charge in [0.05, 0.1) is 23.0 Å². The molecular formula is C13H9BrFN3O2S. The molecule has 3 N–H and O–H groups in total. The van der Waals surface area contributed by atoms with Crippen LogP contribution in [0, 0.1) is 17.1 Å². The number of nitriles is 1. The fourth-order valence-electron chi connectivity index (χ4n) is 1.63. The van der Waals surface area contributed by atoms with Gasteiger partial charge < -0.3 is 5.73 Å². The average Bonchev–Trinajstić information content (AvgIpc) is 2.41. The lowest BCUT2D eigenvalue weighted by atomic mass is 10.2. The van der Waals surface area contributed by atoms with E-state index in [0.717, 1.165) is 12.1 Å². The highest BCUT2D eigenvalue weighted by atomic mass is 79.9. The second-order valence-corrected chi connectivity index (χ2v) is 6.60. The van der Waals surface area contributed by atoms with Crippen molar-refractivity contribution in [3.63, 3.8) is 0 Å². The molecule has 0 heterocycles. The van der Waals surface area contributed by atoms with Gasteiger partial charge in [-0.2, -0.15) is 5.26 Å². The summed E-state index contributed by atoms with van der Waals surface area (Å²) < 4.78 is 40.1. The van der Waals surface area contributed by atoms with E-state index in [4.69, 9.17) is 11.0 Å². The van der Waals surface area contributed by atoms with E-state index in [1.165, 1.54) is 24.3 Å². The highest BCUT2D eigenvalue weighted by Gasteiger charge is 2.19. The van der Waals surface area contributed by atoms with Gasteiger partial charge in [0.25, 0.3) is 10.0 Å². The molecule has 5 nitrogen and oxygen atoms in total. The van der Waals surface area contributed by atoms with Crippen LogP contribution in [0.4, 0.5) is 15.8 Å². The van der Waals surface area contributed by atoms with Crippen LogP contribution in [0.25, 0.3) is 0 Å². The third-order valence-electron chi connectivity index (χ3n) is 2.60. The van der Waals surface area contributed by atoms with Crippen LogP contribution in [0.3, 0.4) is 0 Å². The predicted molar refractivity (Wildman–Crippen MR) is 80.5 cm³/mol. The summed E-state index contributed by atoms with van der Waals surface area (Å²) >= 11 is 3.07. The highest BCUT2D eigenvalue weighted by molar-refractivity contribution is 9.10. The third-order valence-corrected chi connectivity index (χ3v) is 4.70. The van der Waals surface area contributed by atoms with Crippen LogP contribution in [0.15, 0.2) is 45.8 Å². The molecular weight excluding hydrogens is 361 g/mol. The maximum Gasteiger partial charge on any atom is 0.263 e. The number of hydrogen-bond acceptors (Lipinski definition) is 4. The molecule has 0 bridgehead atoms. The van der Waals surface area contributed by atoms with Gasteiger partial charge in [0, 0.05) is 4.47 Å². The van der Waals surface area contributed by atoms with Gasteiger partial charge in [-0.1, -0.05) is 0 Å². The number of nitrogens with two attached hydrogens (primary N) is 1. The first kappa shape index (κ1) is 15.3. The maximum absolute atomic E-state index is 13.0. The molecule has 108 valence electrons. The zero-order valence-corrected chi connectivity index (χ0v) is 12.9. The van der Waals surface area contributed by atoms with Crippen LogP contribution in [-0.2, 0) is 10.0 Å². The van der Waals surface area contributed by atoms with Gasteiger partial charge >= 0.3 is 0 Å². The number of halogens is 2. The Morgan fingerprint density at radius 1 is 1.24 bits per heavy atom. The van der Waals surface area contributed by atoms with Crippen LogP contribution in [-0.4, -0.2) is 8.42 Å². The summed E-state index contributed by atoms with van der Waals surface area (Å²) in [5.41, 5.74) is 6.05. The predicted octanol–water partition coefficient (Wildman–Crippen LogP) is 2.84. The first-order chi connectivity index (χ1) is 9.83. The average molecular weight is 370 g/mol. The van der Waals surface area contributed by atoms with Crippen LogP contribution in [0.1, 0.15) is 5.56 Å². The van der Waals surface area contributed by atoms with E-state index in [1.807, 2.05) is 6.07 Å². The number of rotatable bonds is 3. The van der Waals surface area contributed by atoms with Crippen molar-refractivity contribution in [1.82, 2.24) is 0 Å². The van der Waals surface area contributed by atoms with Gasteiger partial charge in [0.15, 0.2) is 0 Å². The Hall–Kier alpha value is -2.11. The number of nitrogens with one attached hydrogen (secondary N) is 1. The van der Waals surface area contributed by atoms with Crippen molar-refractivity contribution < 1.29 is 12.8 Å². The molecule has 2 aromatic rings. The standard InChI is InChI=1S/C13H9BrFN3O2S/c14-10-6-9(15)2-3-12(10)18-21(19,20)13-4-1-8(7-16)5-11(13)17/h1-6,18H,17H2. The minimum atomic E-state index is -3.94. The monoisotopic (exact) mass is 369 g/mol. The number of benzene rings is 2. The van der Waals surface area contributed by atoms with Crippen molar-refractivity contribution >= 4 is 37.3 Å². The van der Waals surface area contributed by atoms with Crippen LogP contribution in [0.5, 0.6) is 0 Å². The molecule has 0 aliphatic heterocycles. The lowest BCUT2D eigenvalue weighted by Gasteiger charge is -2.11. The first-order valence-electron chi connectivity index (χ1n) is 5.61. The molecule has 0 saturated heterocycles. The van der Waals surface area contributed by atoms with Crippen molar-refractivity contribution in [2.24, 2.45) is 0 Å². The Morgan fingerprint density at radius 2 is 1.95 bits per heavy atom. The van der Waals surface area contributed by atoms with Crippen LogP contribution in [0.2, 0.25) is 0 Å². The maximum atomic E-state index is 13.0. The lowest BCUT2D eigenvalue weighted by Crippen LogP contribution is -2.15. The summed E-state index contributed by atoms with van der Waals surface area (Å²) in [6.45, 7) is 0. The quantitative estimate of drug-likeness (QED) is 0.812. The molecule has 2 aromatic carbocycles. The Balaban J connectivity index is 2.41. The Kier molecular flexibility index (Phi) is 4.16. The second kappa shape index (κ2) is 5.71. The van der Waals surface area contributed by atoms with Gasteiger partial charge in [-0.05, 0) is 52.3 Å². The molecule has 0 atom stereocenters. The van der Waals surface area contributed by atoms with E-state index in [9.17, 15) is 12.8 Å². The number of sulfonamides is 1. The fourth-order valence-corrected chi connectivity index (χ4v) is 3.41. The molecule has 0 aliphatic carbocycles. The molecule has 0 aliphatic rings. The van der Waals surface area contributed by atoms with Gasteiger partial charge in [-0.25, -0.2) is 12.8 Å². The Bertz CT molecular complexity index is 847. The molecule has 21 heavy (non-hydrogen) atoms. The first-order valence-corrected chi connectivity index (χ1v) is 7.88. The zero-order valence-electron chi connectivity index (χ0n) is 10.5. The molecule has 0 spiro atoms. The molecule has 0 radical (unpaired) electrons. The smallest absolute Gasteiger partial charge is 0.263 e. The summed E-state index contributed by atoms with van der Waals surface area (Å²) in [6, 6.07) is 9.29. The summed E-state index contributed by atoms with van der Waals surface area (Å²) in [4.78, 5) is -0.155. The minimum absolute atomic E-state index is 0.0419. The van der Waals surface area contributed by atoms with Crippen molar-refractivity contribution in [1.29, 1.82) is 5.26 Å². The van der Waals surface area contributed by atoms with Crippen LogP contribution >= 0.6 is 15.9 Å². The zero-order chi connectivity index (χ0) is 15.6. The molecule has 0 saturated carbocycles. The molecule has 0 aromatic heterocycles. The van der Waals surface area contributed by atoms with Gasteiger partial charge in [0.2, 0.25) is 0 Å². The van der Waals surface area contributed by atoms with Crippen molar-refractivity contribution in [2.75, 3.05) is 10.5 Å². The number of nitrogens with zero attached hydrogens (tertiary/aromatic N) is 1. The molecule has 0 fully saturated rings. The van der Waals surface area contributed by atoms with E-state index in [2.05, 4.69) is 20.7 Å². The topological polar surface area (TPSA) is 96.0 Å². The normalized spacial score (nSPS) is 10.9. The van der Waals surface area contributed by atoms with Gasteiger partial charge in [-0.15, -0.1) is 0 Å². The van der Waals surface area contributed by atoms with E-state index >= 15 is 0 Å². The summed E-state index contributed by atoms with van der Waals surface area (Å²) in [5.74, 6) is -0.497. The highest BCUT2D eigenvalue weighted by Crippen LogP contribution is 2.27. The van der Waals surface area contributed by atoms with Crippen molar-refractivity contribution in [2.45, 2.75) is 4.90 Å². The van der Waals surface area contributed by atoms with Crippen LogP contribution < -0.4 is 10.5 Å². The number of nitrogen functional groups attached to an aromatic ring is 1. The summed E-state index contributed by atoms with van der Waals surface area (Å²) in [6.07, 6.45) is 0. The molecule has 2 rings (SSSR count). The van der Waals surface area contributed by atoms with E-state index < -0.39 is 15.8 Å².